The Kier molecular flexibility index (Phi) is 4.77. The molecule has 0 aliphatic heterocycles. The van der Waals surface area contributed by atoms with E-state index >= 15 is 0 Å². The van der Waals surface area contributed by atoms with Gasteiger partial charge in [-0.25, -0.2) is 0 Å². The smallest absolute Gasteiger partial charge is 0.258 e. The molecule has 0 unspecified atom stereocenters. The summed E-state index contributed by atoms with van der Waals surface area (Å²) in [6.45, 7) is 5.71. The quantitative estimate of drug-likeness (QED) is 0.780. The normalized spacial score (nSPS) is 9.18. The molecule has 0 heterocycles. The molecule has 1 aromatic rings. The lowest BCUT2D eigenvalue weighted by Crippen LogP contribution is -2.28. The van der Waals surface area contributed by atoms with Crippen LogP contribution in [0.1, 0.15) is 11.1 Å². The molecule has 4 heteroatoms. The number of hydrogen-bond donors (Lipinski definition) is 1. The molecule has 1 rings (SSSR count). The summed E-state index contributed by atoms with van der Waals surface area (Å²) in [5.74, 6) is 0.337. The summed E-state index contributed by atoms with van der Waals surface area (Å²) in [6.07, 6.45) is 1.60. The molecule has 0 fully saturated rings. The topological polar surface area (TPSA) is 62.1 Å². The Morgan fingerprint density at radius 2 is 2.41 bits per heavy atom. The highest BCUT2D eigenvalue weighted by atomic mass is 16.5. The van der Waals surface area contributed by atoms with Crippen LogP contribution in [0.2, 0.25) is 0 Å². The first kappa shape index (κ1) is 12.8. The zero-order valence-corrected chi connectivity index (χ0v) is 9.69. The largest absolute Gasteiger partial charge is 0.483 e. The fraction of sp³-hybridized carbons (Fsp3) is 0.231. The third-order valence-corrected chi connectivity index (χ3v) is 2.12. The first-order valence-electron chi connectivity index (χ1n) is 5.18. The van der Waals surface area contributed by atoms with E-state index in [0.717, 1.165) is 5.56 Å². The van der Waals surface area contributed by atoms with E-state index in [-0.39, 0.29) is 12.5 Å². The number of nitrogens with one attached hydrogen (secondary N) is 1. The summed E-state index contributed by atoms with van der Waals surface area (Å²) in [6, 6.07) is 7.14. The number of hydrogen-bond acceptors (Lipinski definition) is 3. The molecule has 0 aromatic heterocycles. The predicted octanol–water partition coefficient (Wildman–Crippen LogP) is 1.55. The van der Waals surface area contributed by atoms with Crippen LogP contribution >= 0.6 is 0 Å². The van der Waals surface area contributed by atoms with Gasteiger partial charge in [0, 0.05) is 6.54 Å². The van der Waals surface area contributed by atoms with Gasteiger partial charge in [0.1, 0.15) is 5.75 Å². The number of nitrogens with zero attached hydrogens (tertiary/aromatic N) is 1. The van der Waals surface area contributed by atoms with Crippen LogP contribution < -0.4 is 10.1 Å². The Hall–Kier alpha value is -2.28. The minimum Gasteiger partial charge on any atom is -0.483 e. The molecule has 0 atom stereocenters. The van der Waals surface area contributed by atoms with E-state index < -0.39 is 0 Å². The van der Waals surface area contributed by atoms with E-state index in [9.17, 15) is 4.79 Å². The maximum Gasteiger partial charge on any atom is 0.258 e. The van der Waals surface area contributed by atoms with Gasteiger partial charge in [0.25, 0.3) is 5.91 Å². The van der Waals surface area contributed by atoms with Gasteiger partial charge in [0.05, 0.1) is 11.6 Å². The molecule has 1 N–H and O–H groups in total. The first-order valence-corrected chi connectivity index (χ1v) is 5.18. The first-order chi connectivity index (χ1) is 8.17. The van der Waals surface area contributed by atoms with Crippen LogP contribution in [0.25, 0.3) is 0 Å². The molecule has 0 radical (unpaired) electrons. The number of aryl methyl sites for hydroxylation is 1. The van der Waals surface area contributed by atoms with Gasteiger partial charge in [-0.1, -0.05) is 12.1 Å². The zero-order chi connectivity index (χ0) is 12.7. The molecule has 0 saturated heterocycles. The summed E-state index contributed by atoms with van der Waals surface area (Å²) in [7, 11) is 0. The van der Waals surface area contributed by atoms with Crippen molar-refractivity contribution in [3.05, 3.63) is 42.0 Å². The highest BCUT2D eigenvalue weighted by Gasteiger charge is 2.04. The fourth-order valence-corrected chi connectivity index (χ4v) is 1.21. The zero-order valence-electron chi connectivity index (χ0n) is 9.69. The second-order valence-corrected chi connectivity index (χ2v) is 3.47. The second kappa shape index (κ2) is 6.33. The Labute approximate surface area is 101 Å². The van der Waals surface area contributed by atoms with Gasteiger partial charge in [-0.15, -0.1) is 6.58 Å². The van der Waals surface area contributed by atoms with Gasteiger partial charge in [-0.05, 0) is 24.6 Å². The molecule has 0 aliphatic rings. The maximum atomic E-state index is 11.3. The van der Waals surface area contributed by atoms with Gasteiger partial charge in [0.2, 0.25) is 0 Å². The van der Waals surface area contributed by atoms with Crippen molar-refractivity contribution in [1.82, 2.24) is 5.32 Å². The average molecular weight is 230 g/mol. The summed E-state index contributed by atoms with van der Waals surface area (Å²) >= 11 is 0. The summed E-state index contributed by atoms with van der Waals surface area (Å²) in [5, 5.41) is 11.4. The molecular weight excluding hydrogens is 216 g/mol. The molecule has 1 amide bonds. The Bertz CT molecular complexity index is 461. The van der Waals surface area contributed by atoms with Crippen molar-refractivity contribution < 1.29 is 9.53 Å². The number of carbonyl (C=O) groups is 1. The van der Waals surface area contributed by atoms with Crippen LogP contribution in [0.5, 0.6) is 5.75 Å². The van der Waals surface area contributed by atoms with Crippen molar-refractivity contribution in [2.24, 2.45) is 0 Å². The minimum atomic E-state index is -0.216. The lowest BCUT2D eigenvalue weighted by Gasteiger charge is -2.08. The van der Waals surface area contributed by atoms with Crippen LogP contribution in [-0.2, 0) is 4.79 Å². The van der Waals surface area contributed by atoms with Crippen molar-refractivity contribution in [1.29, 1.82) is 5.26 Å². The Balaban J connectivity index is 2.60. The number of nitriles is 1. The van der Waals surface area contributed by atoms with Crippen LogP contribution in [0.3, 0.4) is 0 Å². The van der Waals surface area contributed by atoms with Crippen molar-refractivity contribution in [2.45, 2.75) is 6.92 Å². The number of benzene rings is 1. The molecule has 0 saturated carbocycles. The number of amides is 1. The second-order valence-electron chi connectivity index (χ2n) is 3.47. The van der Waals surface area contributed by atoms with Gasteiger partial charge in [-0.2, -0.15) is 5.26 Å². The van der Waals surface area contributed by atoms with E-state index in [1.54, 1.807) is 24.3 Å². The van der Waals surface area contributed by atoms with E-state index in [1.165, 1.54) is 0 Å². The van der Waals surface area contributed by atoms with E-state index in [1.807, 2.05) is 13.0 Å². The summed E-state index contributed by atoms with van der Waals surface area (Å²) in [5.41, 5.74) is 1.40. The van der Waals surface area contributed by atoms with Gasteiger partial charge >= 0.3 is 0 Å². The third-order valence-electron chi connectivity index (χ3n) is 2.12. The van der Waals surface area contributed by atoms with Crippen molar-refractivity contribution in [3.8, 4) is 11.8 Å². The van der Waals surface area contributed by atoms with Crippen LogP contribution in [0.4, 0.5) is 0 Å². The number of rotatable bonds is 5. The molecule has 17 heavy (non-hydrogen) atoms. The van der Waals surface area contributed by atoms with Crippen molar-refractivity contribution in [2.75, 3.05) is 13.2 Å². The molecule has 4 nitrogen and oxygen atoms in total. The fourth-order valence-electron chi connectivity index (χ4n) is 1.21. The van der Waals surface area contributed by atoms with Crippen LogP contribution in [-0.4, -0.2) is 19.1 Å². The molecule has 0 aliphatic carbocycles. The lowest BCUT2D eigenvalue weighted by molar-refractivity contribution is -0.122. The van der Waals surface area contributed by atoms with Crippen LogP contribution in [0, 0.1) is 18.3 Å². The minimum absolute atomic E-state index is 0.0659. The molecule has 0 spiro atoms. The highest BCUT2D eigenvalue weighted by Crippen LogP contribution is 2.18. The summed E-state index contributed by atoms with van der Waals surface area (Å²) < 4.78 is 5.34. The molecular formula is C13H14N2O2. The Morgan fingerprint density at radius 1 is 1.65 bits per heavy atom. The van der Waals surface area contributed by atoms with Crippen molar-refractivity contribution >= 4 is 5.91 Å². The SMILES string of the molecule is C=CCNC(=O)COc1cc(C#N)ccc1C. The maximum absolute atomic E-state index is 11.3. The van der Waals surface area contributed by atoms with Gasteiger partial charge in [-0.3, -0.25) is 4.79 Å². The number of carbonyl (C=O) groups excluding carboxylic acids is 1. The van der Waals surface area contributed by atoms with Gasteiger partial charge in [0.15, 0.2) is 6.61 Å². The lowest BCUT2D eigenvalue weighted by atomic mass is 10.1. The van der Waals surface area contributed by atoms with Crippen molar-refractivity contribution in [3.63, 3.8) is 0 Å². The molecule has 88 valence electrons. The molecule has 0 bridgehead atoms. The number of ether oxygens (including phenoxy) is 1. The average Bonchev–Trinajstić information content (AvgIpc) is 2.35. The van der Waals surface area contributed by atoms with Gasteiger partial charge < -0.3 is 10.1 Å². The standard InChI is InChI=1S/C13H14N2O2/c1-3-6-15-13(16)9-17-12-7-11(8-14)5-4-10(12)2/h3-5,7H,1,6,9H2,2H3,(H,15,16). The third kappa shape index (κ3) is 3.99. The highest BCUT2D eigenvalue weighted by molar-refractivity contribution is 5.77. The summed E-state index contributed by atoms with van der Waals surface area (Å²) in [4.78, 5) is 11.3. The Morgan fingerprint density at radius 3 is 3.06 bits per heavy atom. The van der Waals surface area contributed by atoms with E-state index in [2.05, 4.69) is 11.9 Å². The molecule has 1 aromatic carbocycles. The van der Waals surface area contributed by atoms with E-state index in [0.29, 0.717) is 17.9 Å². The predicted molar refractivity (Wildman–Crippen MR) is 64.6 cm³/mol. The monoisotopic (exact) mass is 230 g/mol. The van der Waals surface area contributed by atoms with E-state index in [4.69, 9.17) is 10.00 Å². The van der Waals surface area contributed by atoms with Crippen LogP contribution in [0.15, 0.2) is 30.9 Å².